The zero-order chi connectivity index (χ0) is 9.56. The lowest BCUT2D eigenvalue weighted by Gasteiger charge is -2.17. The Morgan fingerprint density at radius 3 is 2.17 bits per heavy atom. The number of halogens is 4. The van der Waals surface area contributed by atoms with Crippen molar-refractivity contribution < 1.29 is 27.0 Å². The van der Waals surface area contributed by atoms with Crippen LogP contribution in [-0.2, 0) is 9.47 Å². The molecule has 2 unspecified atom stereocenters. The highest BCUT2D eigenvalue weighted by Crippen LogP contribution is 2.10. The van der Waals surface area contributed by atoms with E-state index in [1.165, 1.54) is 0 Å². The lowest BCUT2D eigenvalue weighted by atomic mass is 10.6. The van der Waals surface area contributed by atoms with Crippen LogP contribution in [0.15, 0.2) is 0 Å². The summed E-state index contributed by atoms with van der Waals surface area (Å²) in [5.74, 6) is 0. The molecule has 0 rings (SSSR count). The van der Waals surface area contributed by atoms with Gasteiger partial charge in [-0.05, 0) is 6.92 Å². The van der Waals surface area contributed by atoms with Crippen molar-refractivity contribution in [3.05, 3.63) is 0 Å². The second-order valence-electron chi connectivity index (χ2n) is 1.94. The van der Waals surface area contributed by atoms with Gasteiger partial charge in [0.25, 0.3) is 6.43 Å². The predicted octanol–water partition coefficient (Wildman–Crippen LogP) is 1.90. The number of hydrogen-bond acceptors (Lipinski definition) is 2. The molecular formula is C6H10F4O2. The average molecular weight is 190 g/mol. The van der Waals surface area contributed by atoms with E-state index in [4.69, 9.17) is 0 Å². The molecule has 6 heteroatoms. The Balaban J connectivity index is 3.70. The smallest absolute Gasteiger partial charge is 0.288 e. The van der Waals surface area contributed by atoms with Gasteiger partial charge in [-0.3, -0.25) is 0 Å². The van der Waals surface area contributed by atoms with Gasteiger partial charge in [0.1, 0.15) is 6.67 Å². The van der Waals surface area contributed by atoms with Crippen molar-refractivity contribution in [1.82, 2.24) is 0 Å². The molecule has 0 aliphatic heterocycles. The van der Waals surface area contributed by atoms with Crippen LogP contribution in [0.25, 0.3) is 0 Å². The van der Waals surface area contributed by atoms with Crippen molar-refractivity contribution in [3.63, 3.8) is 0 Å². The summed E-state index contributed by atoms with van der Waals surface area (Å²) in [5.41, 5.74) is 0. The van der Waals surface area contributed by atoms with Gasteiger partial charge >= 0.3 is 0 Å². The third kappa shape index (κ3) is 5.31. The van der Waals surface area contributed by atoms with Gasteiger partial charge in [0.2, 0.25) is 6.29 Å². The largest absolute Gasteiger partial charge is 0.345 e. The van der Waals surface area contributed by atoms with Gasteiger partial charge in [-0.25, -0.2) is 17.6 Å². The van der Waals surface area contributed by atoms with Crippen LogP contribution in [-0.4, -0.2) is 32.4 Å². The molecule has 2 nitrogen and oxygen atoms in total. The molecule has 0 bridgehead atoms. The summed E-state index contributed by atoms with van der Waals surface area (Å²) in [6, 6.07) is 0. The normalized spacial score (nSPS) is 16.5. The molecule has 0 fully saturated rings. The molecule has 0 amide bonds. The number of ether oxygens (including phenoxy) is 2. The number of hydrogen-bond donors (Lipinski definition) is 0. The zero-order valence-electron chi connectivity index (χ0n) is 6.47. The van der Waals surface area contributed by atoms with Crippen LogP contribution >= 0.6 is 0 Å². The second-order valence-corrected chi connectivity index (χ2v) is 1.94. The average Bonchev–Trinajstić information content (AvgIpc) is 1.96. The van der Waals surface area contributed by atoms with Gasteiger partial charge in [-0.2, -0.15) is 0 Å². The Bertz CT molecular complexity index is 110. The Kier molecular flexibility index (Phi) is 6.00. The highest BCUT2D eigenvalue weighted by Gasteiger charge is 2.23. The van der Waals surface area contributed by atoms with Gasteiger partial charge < -0.3 is 9.47 Å². The lowest BCUT2D eigenvalue weighted by molar-refractivity contribution is -0.246. The molecule has 0 aliphatic carbocycles. The van der Waals surface area contributed by atoms with Crippen LogP contribution in [0, 0.1) is 0 Å². The summed E-state index contributed by atoms with van der Waals surface area (Å²) >= 11 is 0. The number of alkyl halides is 4. The van der Waals surface area contributed by atoms with Gasteiger partial charge in [0, 0.05) is 0 Å². The van der Waals surface area contributed by atoms with E-state index in [-0.39, 0.29) is 0 Å². The van der Waals surface area contributed by atoms with E-state index in [1.807, 2.05) is 0 Å². The summed E-state index contributed by atoms with van der Waals surface area (Å²) in [6.07, 6.45) is -6.82. The fourth-order valence-electron chi connectivity index (χ4n) is 0.517. The van der Waals surface area contributed by atoms with Gasteiger partial charge in [0.05, 0.1) is 6.61 Å². The third-order valence-corrected chi connectivity index (χ3v) is 0.887. The Labute approximate surface area is 67.5 Å². The molecule has 0 aromatic rings. The van der Waals surface area contributed by atoms with E-state index < -0.39 is 32.4 Å². The Morgan fingerprint density at radius 1 is 1.25 bits per heavy atom. The summed E-state index contributed by atoms with van der Waals surface area (Å²) in [4.78, 5) is 0. The number of rotatable bonds is 6. The van der Waals surface area contributed by atoms with Crippen LogP contribution in [0.2, 0.25) is 0 Å². The molecular weight excluding hydrogens is 180 g/mol. The maximum atomic E-state index is 12.0. The van der Waals surface area contributed by atoms with Crippen molar-refractivity contribution in [3.8, 4) is 0 Å². The fourth-order valence-corrected chi connectivity index (χ4v) is 0.517. The van der Waals surface area contributed by atoms with E-state index in [2.05, 4.69) is 9.47 Å². The second kappa shape index (κ2) is 6.19. The standard InChI is InChI=1S/C6H10F4O2/c1-4(8)12-6(5(9)10)11-3-2-7/h4-6H,2-3H2,1H3. The summed E-state index contributed by atoms with van der Waals surface area (Å²) in [7, 11) is 0. The quantitative estimate of drug-likeness (QED) is 0.470. The molecule has 0 radical (unpaired) electrons. The topological polar surface area (TPSA) is 18.5 Å². The van der Waals surface area contributed by atoms with E-state index >= 15 is 0 Å². The van der Waals surface area contributed by atoms with E-state index in [9.17, 15) is 17.6 Å². The zero-order valence-corrected chi connectivity index (χ0v) is 6.47. The lowest BCUT2D eigenvalue weighted by Crippen LogP contribution is -2.28. The summed E-state index contributed by atoms with van der Waals surface area (Å²) in [5, 5.41) is 0. The SMILES string of the molecule is CC(F)OC(OCCF)C(F)F. The van der Waals surface area contributed by atoms with Gasteiger partial charge in [0.15, 0.2) is 6.36 Å². The first-order valence-electron chi connectivity index (χ1n) is 3.33. The molecule has 0 saturated carbocycles. The molecule has 0 spiro atoms. The molecule has 0 saturated heterocycles. The third-order valence-electron chi connectivity index (χ3n) is 0.887. The van der Waals surface area contributed by atoms with Crippen LogP contribution in [0.4, 0.5) is 17.6 Å². The van der Waals surface area contributed by atoms with E-state index in [0.717, 1.165) is 6.92 Å². The molecule has 0 N–H and O–H groups in total. The first-order chi connectivity index (χ1) is 5.57. The first-order valence-corrected chi connectivity index (χ1v) is 3.33. The molecule has 0 aromatic heterocycles. The van der Waals surface area contributed by atoms with E-state index in [0.29, 0.717) is 0 Å². The maximum absolute atomic E-state index is 12.0. The van der Waals surface area contributed by atoms with Crippen molar-refractivity contribution in [1.29, 1.82) is 0 Å². The Hall–Kier alpha value is -0.360. The summed E-state index contributed by atoms with van der Waals surface area (Å²) in [6.45, 7) is -0.497. The molecule has 0 heterocycles. The van der Waals surface area contributed by atoms with Crippen molar-refractivity contribution in [2.45, 2.75) is 26.0 Å². The molecule has 12 heavy (non-hydrogen) atoms. The fraction of sp³-hybridized carbons (Fsp3) is 1.00. The van der Waals surface area contributed by atoms with Crippen LogP contribution < -0.4 is 0 Å². The monoisotopic (exact) mass is 190 g/mol. The van der Waals surface area contributed by atoms with Crippen molar-refractivity contribution in [2.75, 3.05) is 13.3 Å². The highest BCUT2D eigenvalue weighted by atomic mass is 19.3. The van der Waals surface area contributed by atoms with Crippen LogP contribution in [0.5, 0.6) is 0 Å². The van der Waals surface area contributed by atoms with Gasteiger partial charge in [-0.1, -0.05) is 0 Å². The molecule has 2 atom stereocenters. The van der Waals surface area contributed by atoms with Crippen molar-refractivity contribution in [2.24, 2.45) is 0 Å². The van der Waals surface area contributed by atoms with E-state index in [1.54, 1.807) is 0 Å². The predicted molar refractivity (Wildman–Crippen MR) is 33.4 cm³/mol. The molecule has 74 valence electrons. The highest BCUT2D eigenvalue weighted by molar-refractivity contribution is 4.47. The summed E-state index contributed by atoms with van der Waals surface area (Å²) < 4.78 is 55.3. The molecule has 0 aliphatic rings. The minimum atomic E-state index is -2.98. The first kappa shape index (κ1) is 11.6. The minimum absolute atomic E-state index is 0.526. The maximum Gasteiger partial charge on any atom is 0.288 e. The van der Waals surface area contributed by atoms with Gasteiger partial charge in [-0.15, -0.1) is 0 Å². The van der Waals surface area contributed by atoms with Crippen LogP contribution in [0.1, 0.15) is 6.92 Å². The Morgan fingerprint density at radius 2 is 1.83 bits per heavy atom. The van der Waals surface area contributed by atoms with Crippen molar-refractivity contribution >= 4 is 0 Å². The van der Waals surface area contributed by atoms with Crippen LogP contribution in [0.3, 0.4) is 0 Å². The molecule has 0 aromatic carbocycles. The minimum Gasteiger partial charge on any atom is -0.345 e.